The number of benzene rings is 1. The first-order valence-corrected chi connectivity index (χ1v) is 7.83. The fraction of sp³-hybridized carbons (Fsp3) is 0.471. The van der Waals surface area contributed by atoms with Crippen LogP contribution >= 0.6 is 0 Å². The van der Waals surface area contributed by atoms with Gasteiger partial charge >= 0.3 is 0 Å². The van der Waals surface area contributed by atoms with E-state index in [9.17, 15) is 19.5 Å². The van der Waals surface area contributed by atoms with Crippen molar-refractivity contribution in [2.45, 2.75) is 26.2 Å². The Morgan fingerprint density at radius 1 is 1.00 bits per heavy atom. The van der Waals surface area contributed by atoms with Crippen molar-refractivity contribution < 1.29 is 19.5 Å². The van der Waals surface area contributed by atoms with Gasteiger partial charge in [-0.25, -0.2) is 0 Å². The van der Waals surface area contributed by atoms with Gasteiger partial charge in [-0.1, -0.05) is 12.1 Å². The van der Waals surface area contributed by atoms with Crippen LogP contribution in [0.1, 0.15) is 36.5 Å². The Labute approximate surface area is 135 Å². The normalized spacial score (nSPS) is 15.2. The number of para-hydroxylation sites is 1. The summed E-state index contributed by atoms with van der Waals surface area (Å²) in [6, 6.07) is 6.47. The van der Waals surface area contributed by atoms with Crippen molar-refractivity contribution in [2.75, 3.05) is 26.2 Å². The maximum absolute atomic E-state index is 12.5. The van der Waals surface area contributed by atoms with Gasteiger partial charge in [0.05, 0.1) is 5.56 Å². The van der Waals surface area contributed by atoms with Crippen LogP contribution in [0.5, 0.6) is 5.75 Å². The molecular formula is C17H22N2O4. The maximum atomic E-state index is 12.5. The van der Waals surface area contributed by atoms with Gasteiger partial charge in [-0.3, -0.25) is 9.59 Å². The maximum Gasteiger partial charge on any atom is 0.257 e. The van der Waals surface area contributed by atoms with Crippen LogP contribution in [0.3, 0.4) is 0 Å². The molecule has 1 saturated heterocycles. The number of phenolic OH excluding ortho intramolecular Hbond substituents is 1. The first-order chi connectivity index (χ1) is 11.0. The van der Waals surface area contributed by atoms with Gasteiger partial charge in [-0.2, -0.15) is 0 Å². The first kappa shape index (κ1) is 17.0. The van der Waals surface area contributed by atoms with E-state index >= 15 is 0 Å². The van der Waals surface area contributed by atoms with Crippen molar-refractivity contribution in [3.8, 4) is 5.75 Å². The molecule has 23 heavy (non-hydrogen) atoms. The van der Waals surface area contributed by atoms with Crippen molar-refractivity contribution in [3.63, 3.8) is 0 Å². The van der Waals surface area contributed by atoms with Crippen molar-refractivity contribution >= 4 is 17.6 Å². The van der Waals surface area contributed by atoms with Crippen LogP contribution in [0.15, 0.2) is 24.3 Å². The molecule has 0 aliphatic carbocycles. The van der Waals surface area contributed by atoms with Gasteiger partial charge < -0.3 is 19.7 Å². The van der Waals surface area contributed by atoms with E-state index in [0.717, 1.165) is 0 Å². The zero-order valence-corrected chi connectivity index (χ0v) is 13.3. The van der Waals surface area contributed by atoms with Crippen molar-refractivity contribution in [3.05, 3.63) is 29.8 Å². The van der Waals surface area contributed by atoms with Crippen LogP contribution in [0.25, 0.3) is 0 Å². The summed E-state index contributed by atoms with van der Waals surface area (Å²) in [6.07, 6.45) is 1.17. The third-order valence-electron chi connectivity index (χ3n) is 3.96. The summed E-state index contributed by atoms with van der Waals surface area (Å²) in [4.78, 5) is 38.9. The van der Waals surface area contributed by atoms with Gasteiger partial charge in [-0.15, -0.1) is 0 Å². The standard InChI is InChI=1S/C17H22N2O4/c1-13(20)7-8-16(22)18-9-4-10-19(12-11-18)17(23)14-5-2-3-6-15(14)21/h2-3,5-6,21H,4,7-12H2,1H3. The van der Waals surface area contributed by atoms with Gasteiger partial charge in [-0.05, 0) is 25.5 Å². The molecule has 1 N–H and O–H groups in total. The summed E-state index contributed by atoms with van der Waals surface area (Å²) in [5.74, 6) is -0.293. The Balaban J connectivity index is 1.96. The van der Waals surface area contributed by atoms with Crippen LogP contribution in [-0.2, 0) is 9.59 Å². The number of hydrogen-bond donors (Lipinski definition) is 1. The number of carbonyl (C=O) groups excluding carboxylic acids is 3. The van der Waals surface area contributed by atoms with Gasteiger partial charge in [0.2, 0.25) is 5.91 Å². The number of rotatable bonds is 4. The minimum atomic E-state index is -0.221. The lowest BCUT2D eigenvalue weighted by molar-refractivity contribution is -0.132. The first-order valence-electron chi connectivity index (χ1n) is 7.83. The molecule has 6 heteroatoms. The zero-order valence-electron chi connectivity index (χ0n) is 13.3. The molecule has 6 nitrogen and oxygen atoms in total. The topological polar surface area (TPSA) is 77.9 Å². The average molecular weight is 318 g/mol. The second kappa shape index (κ2) is 7.76. The Kier molecular flexibility index (Phi) is 5.73. The molecule has 0 saturated carbocycles. The van der Waals surface area contributed by atoms with Crippen molar-refractivity contribution in [2.24, 2.45) is 0 Å². The van der Waals surface area contributed by atoms with E-state index in [-0.39, 0.29) is 41.8 Å². The SMILES string of the molecule is CC(=O)CCC(=O)N1CCCN(C(=O)c2ccccc2O)CC1. The summed E-state index contributed by atoms with van der Waals surface area (Å²) in [7, 11) is 0. The molecule has 0 unspecified atom stereocenters. The van der Waals surface area contributed by atoms with E-state index in [1.165, 1.54) is 13.0 Å². The number of hydrogen-bond acceptors (Lipinski definition) is 4. The van der Waals surface area contributed by atoms with Gasteiger partial charge in [0, 0.05) is 39.0 Å². The number of ketones is 1. The van der Waals surface area contributed by atoms with Crippen molar-refractivity contribution in [1.82, 2.24) is 9.80 Å². The summed E-state index contributed by atoms with van der Waals surface area (Å²) in [5.41, 5.74) is 0.281. The van der Waals surface area contributed by atoms with E-state index in [2.05, 4.69) is 0 Å². The predicted molar refractivity (Wildman–Crippen MR) is 85.1 cm³/mol. The highest BCUT2D eigenvalue weighted by atomic mass is 16.3. The third kappa shape index (κ3) is 4.55. The highest BCUT2D eigenvalue weighted by Gasteiger charge is 2.24. The minimum absolute atomic E-state index is 0.00419. The fourth-order valence-electron chi connectivity index (χ4n) is 2.64. The molecule has 1 aromatic rings. The van der Waals surface area contributed by atoms with Gasteiger partial charge in [0.1, 0.15) is 11.5 Å². The van der Waals surface area contributed by atoms with Gasteiger partial charge in [0.25, 0.3) is 5.91 Å². The number of Topliss-reactive ketones (excluding diaryl/α,β-unsaturated/α-hetero) is 1. The quantitative estimate of drug-likeness (QED) is 0.911. The smallest absolute Gasteiger partial charge is 0.257 e. The Bertz CT molecular complexity index is 600. The monoisotopic (exact) mass is 318 g/mol. The van der Waals surface area contributed by atoms with Crippen molar-refractivity contribution in [1.29, 1.82) is 0 Å². The van der Waals surface area contributed by atoms with Crippen LogP contribution in [0.4, 0.5) is 0 Å². The lowest BCUT2D eigenvalue weighted by Gasteiger charge is -2.22. The summed E-state index contributed by atoms with van der Waals surface area (Å²) < 4.78 is 0. The molecule has 1 fully saturated rings. The molecule has 0 atom stereocenters. The highest BCUT2D eigenvalue weighted by Crippen LogP contribution is 2.19. The molecule has 2 rings (SSSR count). The number of phenols is 1. The minimum Gasteiger partial charge on any atom is -0.507 e. The number of amides is 2. The van der Waals surface area contributed by atoms with Gasteiger partial charge in [0.15, 0.2) is 0 Å². The lowest BCUT2D eigenvalue weighted by atomic mass is 10.1. The molecule has 1 heterocycles. The van der Waals surface area contributed by atoms with E-state index < -0.39 is 0 Å². The lowest BCUT2D eigenvalue weighted by Crippen LogP contribution is -2.37. The number of aromatic hydroxyl groups is 1. The Hall–Kier alpha value is -2.37. The molecule has 2 amide bonds. The third-order valence-corrected chi connectivity index (χ3v) is 3.96. The Morgan fingerprint density at radius 2 is 1.65 bits per heavy atom. The number of nitrogens with zero attached hydrogens (tertiary/aromatic N) is 2. The largest absolute Gasteiger partial charge is 0.507 e. The van der Waals surface area contributed by atoms with E-state index in [1.54, 1.807) is 28.0 Å². The molecule has 1 aliphatic heterocycles. The second-order valence-electron chi connectivity index (χ2n) is 5.75. The molecule has 0 aromatic heterocycles. The van der Waals surface area contributed by atoms with E-state index in [4.69, 9.17) is 0 Å². The predicted octanol–water partition coefficient (Wildman–Crippen LogP) is 1.44. The second-order valence-corrected chi connectivity index (χ2v) is 5.75. The van der Waals surface area contributed by atoms with Crippen LogP contribution in [0.2, 0.25) is 0 Å². The summed E-state index contributed by atoms with van der Waals surface area (Å²) in [6.45, 7) is 3.49. The van der Waals surface area contributed by atoms with Crippen LogP contribution in [0, 0.1) is 0 Å². The summed E-state index contributed by atoms with van der Waals surface area (Å²) >= 11 is 0. The van der Waals surface area contributed by atoms with Crippen LogP contribution < -0.4 is 0 Å². The molecule has 1 aromatic carbocycles. The molecule has 0 radical (unpaired) electrons. The average Bonchev–Trinajstić information content (AvgIpc) is 2.78. The van der Waals surface area contributed by atoms with E-state index in [1.807, 2.05) is 0 Å². The summed E-state index contributed by atoms with van der Waals surface area (Å²) in [5, 5.41) is 9.80. The highest BCUT2D eigenvalue weighted by molar-refractivity contribution is 5.96. The van der Waals surface area contributed by atoms with E-state index in [0.29, 0.717) is 32.6 Å². The fourth-order valence-corrected chi connectivity index (χ4v) is 2.64. The Morgan fingerprint density at radius 3 is 2.35 bits per heavy atom. The molecule has 0 spiro atoms. The molecule has 0 bridgehead atoms. The van der Waals surface area contributed by atoms with Crippen LogP contribution in [-0.4, -0.2) is 58.7 Å². The number of carbonyl (C=O) groups is 3. The molecular weight excluding hydrogens is 296 g/mol. The molecule has 124 valence electrons. The zero-order chi connectivity index (χ0) is 16.8. The molecule has 1 aliphatic rings.